The number of hydrogen-bond donors (Lipinski definition) is 2. The van der Waals surface area contributed by atoms with Crippen LogP contribution in [0.4, 0.5) is 0 Å². The first kappa shape index (κ1) is 12.2. The van der Waals surface area contributed by atoms with Gasteiger partial charge in [0.05, 0.1) is 0 Å². The van der Waals surface area contributed by atoms with Crippen molar-refractivity contribution in [2.24, 2.45) is 9.98 Å². The number of hydrogen-bond acceptors (Lipinski definition) is 4. The minimum Gasteiger partial charge on any atom is -0.507 e. The first-order chi connectivity index (χ1) is 7.51. The Hall–Kier alpha value is -1.84. The van der Waals surface area contributed by atoms with Gasteiger partial charge in [0.15, 0.2) is 0 Å². The van der Waals surface area contributed by atoms with Crippen molar-refractivity contribution in [2.75, 3.05) is 14.1 Å². The van der Waals surface area contributed by atoms with E-state index in [1.54, 1.807) is 34.0 Å². The molecule has 16 heavy (non-hydrogen) atoms. The van der Waals surface area contributed by atoms with Crippen LogP contribution in [0.1, 0.15) is 25.0 Å². The lowest BCUT2D eigenvalue weighted by Crippen LogP contribution is -2.01. The van der Waals surface area contributed by atoms with Crippen LogP contribution in [0.5, 0.6) is 11.5 Å². The lowest BCUT2D eigenvalue weighted by atomic mass is 10.0. The van der Waals surface area contributed by atoms with Crippen molar-refractivity contribution < 1.29 is 10.2 Å². The number of phenolic OH excluding ortho intramolecular Hbond substituents is 2. The highest BCUT2D eigenvalue weighted by atomic mass is 16.3. The molecule has 0 amide bonds. The molecule has 0 heterocycles. The summed E-state index contributed by atoms with van der Waals surface area (Å²) in [7, 11) is 3.31. The molecule has 0 saturated heterocycles. The molecule has 0 aliphatic carbocycles. The summed E-state index contributed by atoms with van der Waals surface area (Å²) in [5, 5.41) is 19.4. The van der Waals surface area contributed by atoms with E-state index in [1.807, 2.05) is 0 Å². The zero-order valence-electron chi connectivity index (χ0n) is 9.94. The van der Waals surface area contributed by atoms with Crippen molar-refractivity contribution in [1.82, 2.24) is 0 Å². The average molecular weight is 220 g/mol. The van der Waals surface area contributed by atoms with Gasteiger partial charge in [0, 0.05) is 42.7 Å². The minimum absolute atomic E-state index is 0.0215. The third-order valence-corrected chi connectivity index (χ3v) is 2.56. The molecule has 0 radical (unpaired) electrons. The molecule has 0 aliphatic heterocycles. The number of aliphatic imine (C=N–C) groups is 2. The second kappa shape index (κ2) is 4.79. The second-order valence-corrected chi connectivity index (χ2v) is 3.50. The van der Waals surface area contributed by atoms with Crippen LogP contribution in [-0.2, 0) is 0 Å². The van der Waals surface area contributed by atoms with Gasteiger partial charge in [-0.1, -0.05) is 0 Å². The molecule has 1 aromatic carbocycles. The van der Waals surface area contributed by atoms with E-state index in [9.17, 15) is 10.2 Å². The van der Waals surface area contributed by atoms with Crippen LogP contribution in [0.3, 0.4) is 0 Å². The van der Waals surface area contributed by atoms with Crippen molar-refractivity contribution >= 4 is 11.4 Å². The van der Waals surface area contributed by atoms with Gasteiger partial charge < -0.3 is 10.2 Å². The Kier molecular flexibility index (Phi) is 3.66. The fraction of sp³-hybridized carbons (Fsp3) is 0.333. The molecule has 0 saturated carbocycles. The average Bonchev–Trinajstić information content (AvgIpc) is 2.27. The highest BCUT2D eigenvalue weighted by Gasteiger charge is 2.12. The van der Waals surface area contributed by atoms with Gasteiger partial charge >= 0.3 is 0 Å². The van der Waals surface area contributed by atoms with Gasteiger partial charge in [-0.05, 0) is 19.9 Å². The standard InChI is InChI=1S/C12H16N2O2/c1-7(13-3)9-5-10(8(2)14-4)12(16)6-11(9)15/h5-6,15-16H,1-4H3/b13-7+,14-8+. The number of benzene rings is 1. The molecule has 0 aliphatic rings. The van der Waals surface area contributed by atoms with E-state index in [1.165, 1.54) is 6.07 Å². The molecule has 4 heteroatoms. The molecule has 0 spiro atoms. The first-order valence-electron chi connectivity index (χ1n) is 4.94. The van der Waals surface area contributed by atoms with E-state index in [0.717, 1.165) is 0 Å². The fourth-order valence-electron chi connectivity index (χ4n) is 1.40. The van der Waals surface area contributed by atoms with Crippen LogP contribution in [0.25, 0.3) is 0 Å². The summed E-state index contributed by atoms with van der Waals surface area (Å²) in [6.07, 6.45) is 0. The predicted molar refractivity (Wildman–Crippen MR) is 66.0 cm³/mol. The molecule has 1 aromatic rings. The van der Waals surface area contributed by atoms with Crippen molar-refractivity contribution in [2.45, 2.75) is 13.8 Å². The zero-order chi connectivity index (χ0) is 12.3. The largest absolute Gasteiger partial charge is 0.507 e. The summed E-state index contributed by atoms with van der Waals surface area (Å²) in [5.74, 6) is 0.0431. The molecule has 0 unspecified atom stereocenters. The van der Waals surface area contributed by atoms with E-state index < -0.39 is 0 Å². The highest BCUT2D eigenvalue weighted by molar-refractivity contribution is 6.06. The van der Waals surface area contributed by atoms with Gasteiger partial charge in [0.2, 0.25) is 0 Å². The number of nitrogens with zero attached hydrogens (tertiary/aromatic N) is 2. The maximum atomic E-state index is 9.69. The summed E-state index contributed by atoms with van der Waals surface area (Å²) in [5.41, 5.74) is 2.64. The van der Waals surface area contributed by atoms with Gasteiger partial charge in [0.25, 0.3) is 0 Å². The van der Waals surface area contributed by atoms with Crippen molar-refractivity contribution in [3.63, 3.8) is 0 Å². The summed E-state index contributed by atoms with van der Waals surface area (Å²) in [6.45, 7) is 3.60. The van der Waals surface area contributed by atoms with Crippen LogP contribution in [-0.4, -0.2) is 35.7 Å². The normalized spacial score (nSPS) is 13.0. The Morgan fingerprint density at radius 2 is 1.25 bits per heavy atom. The van der Waals surface area contributed by atoms with Gasteiger partial charge in [0.1, 0.15) is 11.5 Å². The highest BCUT2D eigenvalue weighted by Crippen LogP contribution is 2.28. The molecule has 4 nitrogen and oxygen atoms in total. The van der Waals surface area contributed by atoms with Crippen LogP contribution < -0.4 is 0 Å². The number of rotatable bonds is 2. The molecule has 86 valence electrons. The van der Waals surface area contributed by atoms with Gasteiger partial charge in [-0.25, -0.2) is 0 Å². The number of phenols is 2. The third-order valence-electron chi connectivity index (χ3n) is 2.56. The van der Waals surface area contributed by atoms with Gasteiger partial charge in [-0.3, -0.25) is 9.98 Å². The zero-order valence-corrected chi connectivity index (χ0v) is 9.94. The molecule has 1 rings (SSSR count). The van der Waals surface area contributed by atoms with Crippen LogP contribution in [0.15, 0.2) is 22.1 Å². The molecular formula is C12H16N2O2. The smallest absolute Gasteiger partial charge is 0.128 e. The number of aromatic hydroxyl groups is 2. The maximum absolute atomic E-state index is 9.69. The third kappa shape index (κ3) is 2.21. The second-order valence-electron chi connectivity index (χ2n) is 3.50. The van der Waals surface area contributed by atoms with E-state index in [4.69, 9.17) is 0 Å². The van der Waals surface area contributed by atoms with E-state index in [-0.39, 0.29) is 11.5 Å². The Bertz CT molecular complexity index is 423. The SMILES string of the molecule is C/N=C(\C)c1cc(/C(C)=N/C)c(O)cc1O. The molecule has 2 N–H and O–H groups in total. The van der Waals surface area contributed by atoms with E-state index in [2.05, 4.69) is 9.98 Å². The van der Waals surface area contributed by atoms with Gasteiger partial charge in [-0.2, -0.15) is 0 Å². The summed E-state index contributed by atoms with van der Waals surface area (Å²) in [6, 6.07) is 3.00. The van der Waals surface area contributed by atoms with Crippen molar-refractivity contribution in [3.05, 3.63) is 23.3 Å². The summed E-state index contributed by atoms with van der Waals surface area (Å²) in [4.78, 5) is 8.02. The molecule has 0 atom stereocenters. The lowest BCUT2D eigenvalue weighted by molar-refractivity contribution is 0.449. The first-order valence-corrected chi connectivity index (χ1v) is 4.94. The molecular weight excluding hydrogens is 204 g/mol. The predicted octanol–water partition coefficient (Wildman–Crippen LogP) is 1.98. The molecule has 0 bridgehead atoms. The monoisotopic (exact) mass is 220 g/mol. The van der Waals surface area contributed by atoms with Crippen molar-refractivity contribution in [3.8, 4) is 11.5 Å². The quantitative estimate of drug-likeness (QED) is 0.748. The summed E-state index contributed by atoms with van der Waals surface area (Å²) < 4.78 is 0. The van der Waals surface area contributed by atoms with Gasteiger partial charge in [-0.15, -0.1) is 0 Å². The minimum atomic E-state index is 0.0215. The van der Waals surface area contributed by atoms with Crippen molar-refractivity contribution in [1.29, 1.82) is 0 Å². The van der Waals surface area contributed by atoms with E-state index in [0.29, 0.717) is 22.6 Å². The molecule has 0 aromatic heterocycles. The fourth-order valence-corrected chi connectivity index (χ4v) is 1.40. The van der Waals surface area contributed by atoms with E-state index >= 15 is 0 Å². The van der Waals surface area contributed by atoms with Crippen LogP contribution >= 0.6 is 0 Å². The topological polar surface area (TPSA) is 65.2 Å². The Balaban J connectivity index is 3.44. The Morgan fingerprint density at radius 3 is 1.56 bits per heavy atom. The summed E-state index contributed by atoms with van der Waals surface area (Å²) >= 11 is 0. The lowest BCUT2D eigenvalue weighted by Gasteiger charge is -2.09. The van der Waals surface area contributed by atoms with Crippen LogP contribution in [0, 0.1) is 0 Å². The Labute approximate surface area is 95.0 Å². The maximum Gasteiger partial charge on any atom is 0.128 e. The van der Waals surface area contributed by atoms with Crippen LogP contribution in [0.2, 0.25) is 0 Å². The Morgan fingerprint density at radius 1 is 0.875 bits per heavy atom. The molecule has 0 fully saturated rings.